The van der Waals surface area contributed by atoms with Crippen LogP contribution in [-0.4, -0.2) is 23.6 Å². The second-order valence-corrected chi connectivity index (χ2v) is 9.99. The molecule has 142 valence electrons. The van der Waals surface area contributed by atoms with Crippen molar-refractivity contribution in [2.24, 2.45) is 17.3 Å². The van der Waals surface area contributed by atoms with Gasteiger partial charge in [-0.1, -0.05) is 35.0 Å². The van der Waals surface area contributed by atoms with Crippen LogP contribution in [0.3, 0.4) is 0 Å². The SMILES string of the molecule is CC1=C2[C@H]3OC(=O)[C@@H](CSc4ccc(C)c(Br)c4)[C@@H]3CC[C@@]2(C)C=CC1=O. The first kappa shape index (κ1) is 19.0. The Morgan fingerprint density at radius 2 is 2.07 bits per heavy atom. The summed E-state index contributed by atoms with van der Waals surface area (Å²) in [5.74, 6) is 0.682. The summed E-state index contributed by atoms with van der Waals surface area (Å²) < 4.78 is 6.94. The molecule has 2 aliphatic carbocycles. The molecular formula is C22H23BrO3S. The number of fused-ring (bicyclic) bond motifs is 3. The van der Waals surface area contributed by atoms with Gasteiger partial charge in [0, 0.05) is 32.0 Å². The van der Waals surface area contributed by atoms with E-state index in [4.69, 9.17) is 4.74 Å². The molecule has 2 fully saturated rings. The van der Waals surface area contributed by atoms with Gasteiger partial charge in [-0.25, -0.2) is 0 Å². The van der Waals surface area contributed by atoms with Crippen LogP contribution in [0.1, 0.15) is 32.3 Å². The van der Waals surface area contributed by atoms with Gasteiger partial charge in [0.25, 0.3) is 0 Å². The van der Waals surface area contributed by atoms with Crippen LogP contribution in [0.2, 0.25) is 0 Å². The topological polar surface area (TPSA) is 43.4 Å². The molecule has 1 aromatic rings. The maximum atomic E-state index is 12.7. The van der Waals surface area contributed by atoms with Crippen LogP contribution in [0.5, 0.6) is 0 Å². The largest absolute Gasteiger partial charge is 0.457 e. The van der Waals surface area contributed by atoms with E-state index in [0.717, 1.165) is 33.4 Å². The van der Waals surface area contributed by atoms with Crippen LogP contribution in [0, 0.1) is 24.2 Å². The van der Waals surface area contributed by atoms with E-state index in [0.29, 0.717) is 5.75 Å². The normalized spacial score (nSPS) is 32.4. The third-order valence-electron chi connectivity index (χ3n) is 6.30. The van der Waals surface area contributed by atoms with Crippen molar-refractivity contribution in [1.29, 1.82) is 0 Å². The Labute approximate surface area is 172 Å². The van der Waals surface area contributed by atoms with E-state index in [1.807, 2.05) is 13.0 Å². The van der Waals surface area contributed by atoms with E-state index >= 15 is 0 Å². The van der Waals surface area contributed by atoms with Crippen LogP contribution in [-0.2, 0) is 14.3 Å². The van der Waals surface area contributed by atoms with Crippen LogP contribution in [0.15, 0.2) is 50.9 Å². The Balaban J connectivity index is 1.56. The number of carbonyl (C=O) groups excluding carboxylic acids is 2. The highest BCUT2D eigenvalue weighted by molar-refractivity contribution is 9.10. The van der Waals surface area contributed by atoms with Gasteiger partial charge in [-0.3, -0.25) is 9.59 Å². The first-order chi connectivity index (χ1) is 12.8. The van der Waals surface area contributed by atoms with Crippen molar-refractivity contribution in [1.82, 2.24) is 0 Å². The molecule has 1 aliphatic heterocycles. The van der Waals surface area contributed by atoms with Crippen molar-refractivity contribution in [3.05, 3.63) is 51.5 Å². The standard InChI is InChI=1S/C22H23BrO3S/c1-12-4-5-14(10-17(12)23)27-11-16-15-6-8-22(3)9-7-18(24)13(2)19(22)20(15)26-21(16)25/h4-5,7,9-10,15-16,20H,6,8,11H2,1-3H3/t15-,16-,20-,22-/m0/s1. The Morgan fingerprint density at radius 3 is 2.81 bits per heavy atom. The molecule has 0 N–H and O–H groups in total. The molecule has 4 atom stereocenters. The minimum atomic E-state index is -0.250. The van der Waals surface area contributed by atoms with Gasteiger partial charge in [0.15, 0.2) is 5.78 Å². The summed E-state index contributed by atoms with van der Waals surface area (Å²) in [6, 6.07) is 6.28. The number of allylic oxidation sites excluding steroid dienone is 3. The molecule has 4 rings (SSSR count). The highest BCUT2D eigenvalue weighted by atomic mass is 79.9. The number of ether oxygens (including phenoxy) is 1. The molecule has 1 saturated carbocycles. The van der Waals surface area contributed by atoms with Crippen molar-refractivity contribution in [2.75, 3.05) is 5.75 Å². The third kappa shape index (κ3) is 3.23. The second kappa shape index (κ2) is 6.93. The number of halogens is 1. The Hall–Kier alpha value is -1.33. The van der Waals surface area contributed by atoms with Gasteiger partial charge < -0.3 is 4.74 Å². The summed E-state index contributed by atoms with van der Waals surface area (Å²) in [4.78, 5) is 26.0. The minimum Gasteiger partial charge on any atom is -0.457 e. The lowest BCUT2D eigenvalue weighted by Crippen LogP contribution is -2.40. The van der Waals surface area contributed by atoms with Crippen molar-refractivity contribution in [3.8, 4) is 0 Å². The first-order valence-corrected chi connectivity index (χ1v) is 11.1. The van der Waals surface area contributed by atoms with Crippen molar-refractivity contribution in [2.45, 2.75) is 44.6 Å². The summed E-state index contributed by atoms with van der Waals surface area (Å²) in [5, 5.41) is 0. The van der Waals surface area contributed by atoms with E-state index < -0.39 is 0 Å². The molecule has 0 unspecified atom stereocenters. The predicted octanol–water partition coefficient (Wildman–Crippen LogP) is 5.26. The minimum absolute atomic E-state index is 0.0431. The second-order valence-electron chi connectivity index (χ2n) is 8.04. The summed E-state index contributed by atoms with van der Waals surface area (Å²) in [6.07, 6.45) is 5.34. The lowest BCUT2D eigenvalue weighted by atomic mass is 9.62. The molecule has 0 amide bonds. The van der Waals surface area contributed by atoms with Gasteiger partial charge in [-0.2, -0.15) is 0 Å². The molecule has 0 bridgehead atoms. The molecule has 0 radical (unpaired) electrons. The quantitative estimate of drug-likeness (QED) is 0.468. The number of benzene rings is 1. The van der Waals surface area contributed by atoms with Gasteiger partial charge in [0.05, 0.1) is 5.92 Å². The van der Waals surface area contributed by atoms with E-state index in [1.165, 1.54) is 5.56 Å². The molecule has 0 spiro atoms. The summed E-state index contributed by atoms with van der Waals surface area (Å²) in [7, 11) is 0. The third-order valence-corrected chi connectivity index (χ3v) is 8.26. The van der Waals surface area contributed by atoms with Gasteiger partial charge in [0.2, 0.25) is 0 Å². The molecule has 1 saturated heterocycles. The molecule has 1 aromatic carbocycles. The molecule has 3 aliphatic rings. The Kier molecular flexibility index (Phi) is 4.88. The first-order valence-electron chi connectivity index (χ1n) is 9.34. The van der Waals surface area contributed by atoms with Crippen LogP contribution in [0.25, 0.3) is 0 Å². The predicted molar refractivity (Wildman–Crippen MR) is 111 cm³/mol. The summed E-state index contributed by atoms with van der Waals surface area (Å²) in [5.41, 5.74) is 2.83. The van der Waals surface area contributed by atoms with Crippen LogP contribution in [0.4, 0.5) is 0 Å². The van der Waals surface area contributed by atoms with E-state index in [2.05, 4.69) is 48.0 Å². The van der Waals surface area contributed by atoms with Crippen molar-refractivity contribution >= 4 is 39.4 Å². The number of ketones is 1. The highest BCUT2D eigenvalue weighted by Gasteiger charge is 2.54. The number of thioether (sulfide) groups is 1. The zero-order valence-corrected chi connectivity index (χ0v) is 18.2. The fourth-order valence-electron chi connectivity index (χ4n) is 4.61. The molecule has 1 heterocycles. The maximum Gasteiger partial charge on any atom is 0.310 e. The average molecular weight is 447 g/mol. The van der Waals surface area contributed by atoms with E-state index in [-0.39, 0.29) is 35.1 Å². The molecular weight excluding hydrogens is 424 g/mol. The summed E-state index contributed by atoms with van der Waals surface area (Å²) in [6.45, 7) is 6.10. The molecule has 5 heteroatoms. The molecule has 0 aromatic heterocycles. The zero-order chi connectivity index (χ0) is 19.3. The number of hydrogen-bond donors (Lipinski definition) is 0. The fourth-order valence-corrected chi connectivity index (χ4v) is 6.26. The maximum absolute atomic E-state index is 12.7. The number of hydrogen-bond acceptors (Lipinski definition) is 4. The molecule has 3 nitrogen and oxygen atoms in total. The average Bonchev–Trinajstić information content (AvgIpc) is 2.94. The molecule has 27 heavy (non-hydrogen) atoms. The number of esters is 1. The van der Waals surface area contributed by atoms with Crippen LogP contribution < -0.4 is 0 Å². The zero-order valence-electron chi connectivity index (χ0n) is 15.8. The van der Waals surface area contributed by atoms with Gasteiger partial charge >= 0.3 is 5.97 Å². The Morgan fingerprint density at radius 1 is 1.30 bits per heavy atom. The fraction of sp³-hybridized carbons (Fsp3) is 0.455. The number of carbonyl (C=O) groups is 2. The smallest absolute Gasteiger partial charge is 0.310 e. The Bertz CT molecular complexity index is 888. The number of rotatable bonds is 3. The van der Waals surface area contributed by atoms with E-state index in [9.17, 15) is 9.59 Å². The lowest BCUT2D eigenvalue weighted by molar-refractivity contribution is -0.143. The monoisotopic (exact) mass is 446 g/mol. The van der Waals surface area contributed by atoms with Crippen LogP contribution >= 0.6 is 27.7 Å². The van der Waals surface area contributed by atoms with Crippen molar-refractivity contribution < 1.29 is 14.3 Å². The number of aryl methyl sites for hydroxylation is 1. The highest BCUT2D eigenvalue weighted by Crippen LogP contribution is 2.53. The van der Waals surface area contributed by atoms with Crippen molar-refractivity contribution in [3.63, 3.8) is 0 Å². The lowest BCUT2D eigenvalue weighted by Gasteiger charge is -2.43. The summed E-state index contributed by atoms with van der Waals surface area (Å²) >= 11 is 5.28. The van der Waals surface area contributed by atoms with Gasteiger partial charge in [-0.05, 0) is 56.0 Å². The van der Waals surface area contributed by atoms with Gasteiger partial charge in [-0.15, -0.1) is 11.8 Å². The van der Waals surface area contributed by atoms with Gasteiger partial charge in [0.1, 0.15) is 6.10 Å². The van der Waals surface area contributed by atoms with E-state index in [1.54, 1.807) is 17.8 Å².